The number of nitrogens with zero attached hydrogens (tertiary/aromatic N) is 6. The highest BCUT2D eigenvalue weighted by Crippen LogP contribution is 2.26. The van der Waals surface area contributed by atoms with Gasteiger partial charge in [0, 0.05) is 16.1 Å². The molecule has 12 heteroatoms. The lowest BCUT2D eigenvalue weighted by Crippen LogP contribution is -2.19. The van der Waals surface area contributed by atoms with Crippen LogP contribution in [-0.2, 0) is 0 Å². The van der Waals surface area contributed by atoms with Gasteiger partial charge in [-0.05, 0) is 29.4 Å². The summed E-state index contributed by atoms with van der Waals surface area (Å²) < 4.78 is 5.94. The molecule has 0 aliphatic rings. The van der Waals surface area contributed by atoms with Gasteiger partial charge < -0.3 is 5.73 Å². The van der Waals surface area contributed by atoms with Crippen LogP contribution in [0.2, 0.25) is 10.0 Å². The first-order valence-electron chi connectivity index (χ1n) is 8.83. The third-order valence-corrected chi connectivity index (χ3v) is 4.80. The zero-order valence-electron chi connectivity index (χ0n) is 16.0. The van der Waals surface area contributed by atoms with E-state index >= 15 is 0 Å². The lowest BCUT2D eigenvalue weighted by molar-refractivity contribution is 0.0950. The summed E-state index contributed by atoms with van der Waals surface area (Å²) in [6.45, 7) is 1.95. The predicted molar refractivity (Wildman–Crippen MR) is 115 cm³/mol. The van der Waals surface area contributed by atoms with Gasteiger partial charge in [0.25, 0.3) is 5.91 Å². The number of aromatic nitrogens is 5. The van der Waals surface area contributed by atoms with Gasteiger partial charge in [0.2, 0.25) is 11.6 Å². The summed E-state index contributed by atoms with van der Waals surface area (Å²) in [4.78, 5) is 12.8. The van der Waals surface area contributed by atoms with E-state index < -0.39 is 5.91 Å². The van der Waals surface area contributed by atoms with Crippen LogP contribution < -0.4 is 11.2 Å². The number of hydrogen-bond acceptors (Lipinski definition) is 8. The van der Waals surface area contributed by atoms with Crippen LogP contribution in [0.5, 0.6) is 0 Å². The Morgan fingerprint density at radius 1 is 1.19 bits per heavy atom. The number of aryl methyl sites for hydroxylation is 1. The van der Waals surface area contributed by atoms with Crippen molar-refractivity contribution in [3.05, 3.63) is 69.3 Å². The third-order valence-electron chi connectivity index (χ3n) is 4.24. The van der Waals surface area contributed by atoms with E-state index in [9.17, 15) is 4.79 Å². The van der Waals surface area contributed by atoms with Crippen LogP contribution in [0.15, 0.2) is 52.2 Å². The average molecular weight is 457 g/mol. The molecule has 0 saturated carbocycles. The topological polar surface area (TPSA) is 137 Å². The Hall–Kier alpha value is -3.76. The maximum absolute atomic E-state index is 12.8. The number of benzene rings is 2. The Morgan fingerprint density at radius 2 is 1.97 bits per heavy atom. The fraction of sp³-hybridized carbons (Fsp3) is 0.0526. The average Bonchev–Trinajstić information content (AvgIpc) is 3.36. The van der Waals surface area contributed by atoms with Gasteiger partial charge in [-0.25, -0.2) is 10.1 Å². The third kappa shape index (κ3) is 4.25. The molecule has 0 fully saturated rings. The molecule has 0 unspecified atom stereocenters. The van der Waals surface area contributed by atoms with Crippen molar-refractivity contribution >= 4 is 41.1 Å². The number of nitrogen functional groups attached to an aromatic ring is 1. The standard InChI is InChI=1S/C19H14Cl2N8O2/c1-10-2-4-11(5-3-10)16-15(24-28-29(16)18-17(22)26-31-27-18)19(30)25-23-9-12-6-7-13(20)8-14(12)21/h2-9H,1H3,(H2,22,26)(H,25,30)/b23-9+. The fourth-order valence-electron chi connectivity index (χ4n) is 2.71. The highest BCUT2D eigenvalue weighted by atomic mass is 35.5. The maximum atomic E-state index is 12.8. The number of nitrogens with one attached hydrogen (secondary N) is 1. The van der Waals surface area contributed by atoms with Crippen molar-refractivity contribution in [2.45, 2.75) is 6.92 Å². The zero-order chi connectivity index (χ0) is 22.0. The van der Waals surface area contributed by atoms with Crippen molar-refractivity contribution in [2.24, 2.45) is 5.10 Å². The quantitative estimate of drug-likeness (QED) is 0.347. The molecule has 1 amide bonds. The second-order valence-corrected chi connectivity index (χ2v) is 7.25. The van der Waals surface area contributed by atoms with Crippen molar-refractivity contribution in [1.29, 1.82) is 0 Å². The van der Waals surface area contributed by atoms with E-state index in [-0.39, 0.29) is 17.3 Å². The summed E-state index contributed by atoms with van der Waals surface area (Å²) in [6.07, 6.45) is 1.39. The number of hydrogen-bond donors (Lipinski definition) is 2. The van der Waals surface area contributed by atoms with E-state index in [0.29, 0.717) is 26.9 Å². The highest BCUT2D eigenvalue weighted by molar-refractivity contribution is 6.36. The van der Waals surface area contributed by atoms with Crippen LogP contribution in [0.4, 0.5) is 5.82 Å². The summed E-state index contributed by atoms with van der Waals surface area (Å²) >= 11 is 12.0. The lowest BCUT2D eigenvalue weighted by Gasteiger charge is -2.06. The number of carbonyl (C=O) groups excluding carboxylic acids is 1. The first-order valence-corrected chi connectivity index (χ1v) is 9.59. The van der Waals surface area contributed by atoms with Crippen LogP contribution >= 0.6 is 23.2 Å². The molecule has 4 rings (SSSR count). The van der Waals surface area contributed by atoms with E-state index in [4.69, 9.17) is 28.9 Å². The number of anilines is 1. The minimum absolute atomic E-state index is 0.000575. The Bertz CT molecular complexity index is 1280. The second-order valence-electron chi connectivity index (χ2n) is 6.40. The number of nitrogens with two attached hydrogens (primary N) is 1. The van der Waals surface area contributed by atoms with Gasteiger partial charge in [0.15, 0.2) is 5.69 Å². The van der Waals surface area contributed by atoms with Crippen molar-refractivity contribution in [3.8, 4) is 17.1 Å². The molecule has 0 bridgehead atoms. The molecule has 0 spiro atoms. The predicted octanol–water partition coefficient (Wildman–Crippen LogP) is 3.28. The molecule has 0 saturated heterocycles. The van der Waals surface area contributed by atoms with Gasteiger partial charge in [-0.3, -0.25) is 4.79 Å². The monoisotopic (exact) mass is 456 g/mol. The number of carbonyl (C=O) groups is 1. The van der Waals surface area contributed by atoms with Crippen LogP contribution in [0.3, 0.4) is 0 Å². The molecule has 4 aromatic rings. The Kier molecular flexibility index (Phi) is 5.65. The van der Waals surface area contributed by atoms with Crippen molar-refractivity contribution < 1.29 is 9.42 Å². The fourth-order valence-corrected chi connectivity index (χ4v) is 3.17. The first kappa shape index (κ1) is 20.5. The number of halogens is 2. The molecule has 156 valence electrons. The summed E-state index contributed by atoms with van der Waals surface area (Å²) in [7, 11) is 0. The van der Waals surface area contributed by atoms with Gasteiger partial charge in [-0.15, -0.1) is 5.10 Å². The molecule has 2 heterocycles. The first-order chi connectivity index (χ1) is 14.9. The van der Waals surface area contributed by atoms with Gasteiger partial charge in [0.05, 0.1) is 11.2 Å². The molecule has 0 aliphatic carbocycles. The van der Waals surface area contributed by atoms with Crippen LogP contribution in [0.1, 0.15) is 21.6 Å². The lowest BCUT2D eigenvalue weighted by atomic mass is 10.1. The normalized spacial score (nSPS) is 11.2. The molecule has 10 nitrogen and oxygen atoms in total. The number of amides is 1. The molecule has 0 atom stereocenters. The largest absolute Gasteiger partial charge is 0.378 e. The van der Waals surface area contributed by atoms with E-state index in [1.807, 2.05) is 31.2 Å². The van der Waals surface area contributed by atoms with Crippen molar-refractivity contribution in [2.75, 3.05) is 5.73 Å². The maximum Gasteiger partial charge on any atom is 0.294 e. The highest BCUT2D eigenvalue weighted by Gasteiger charge is 2.25. The summed E-state index contributed by atoms with van der Waals surface area (Å²) in [6, 6.07) is 12.3. The molecule has 2 aromatic carbocycles. The van der Waals surface area contributed by atoms with E-state index in [1.165, 1.54) is 10.9 Å². The number of hydrazone groups is 1. The van der Waals surface area contributed by atoms with Crippen LogP contribution in [0, 0.1) is 6.92 Å². The van der Waals surface area contributed by atoms with Crippen molar-refractivity contribution in [1.82, 2.24) is 30.7 Å². The minimum Gasteiger partial charge on any atom is -0.378 e. The Morgan fingerprint density at radius 3 is 2.65 bits per heavy atom. The summed E-state index contributed by atoms with van der Waals surface area (Å²) in [5, 5.41) is 20.1. The van der Waals surface area contributed by atoms with Gasteiger partial charge in [0.1, 0.15) is 5.69 Å². The van der Waals surface area contributed by atoms with E-state index in [0.717, 1.165) is 5.56 Å². The molecule has 3 N–H and O–H groups in total. The van der Waals surface area contributed by atoms with E-state index in [1.54, 1.807) is 18.2 Å². The molecular formula is C19H14Cl2N8O2. The molecule has 31 heavy (non-hydrogen) atoms. The number of rotatable bonds is 5. The van der Waals surface area contributed by atoms with Gasteiger partial charge in [-0.1, -0.05) is 64.3 Å². The SMILES string of the molecule is Cc1ccc(-c2c(C(=O)N/N=C/c3ccc(Cl)cc3Cl)nnn2-c2nonc2N)cc1. The molecule has 0 radical (unpaired) electrons. The van der Waals surface area contributed by atoms with Gasteiger partial charge in [-0.2, -0.15) is 9.78 Å². The summed E-state index contributed by atoms with van der Waals surface area (Å²) in [5.74, 6) is -0.489. The smallest absolute Gasteiger partial charge is 0.294 e. The summed E-state index contributed by atoms with van der Waals surface area (Å²) in [5.41, 5.74) is 10.8. The Balaban J connectivity index is 1.68. The second kappa shape index (κ2) is 8.54. The van der Waals surface area contributed by atoms with Crippen molar-refractivity contribution in [3.63, 3.8) is 0 Å². The van der Waals surface area contributed by atoms with Crippen LogP contribution in [-0.4, -0.2) is 37.4 Å². The minimum atomic E-state index is -0.599. The molecule has 0 aliphatic heterocycles. The zero-order valence-corrected chi connectivity index (χ0v) is 17.5. The van der Waals surface area contributed by atoms with E-state index in [2.05, 4.69) is 35.8 Å². The van der Waals surface area contributed by atoms with Gasteiger partial charge >= 0.3 is 0 Å². The molecule has 2 aromatic heterocycles. The van der Waals surface area contributed by atoms with Crippen LogP contribution in [0.25, 0.3) is 17.1 Å². The molecular weight excluding hydrogens is 443 g/mol. The Labute approximate surface area is 185 Å².